The summed E-state index contributed by atoms with van der Waals surface area (Å²) in [5.41, 5.74) is 3.43. The average Bonchev–Trinajstić information content (AvgIpc) is 3.45. The lowest BCUT2D eigenvalue weighted by molar-refractivity contribution is 0.0288. The Morgan fingerprint density at radius 1 is 1.00 bits per heavy atom. The molecule has 1 aromatic carbocycles. The first kappa shape index (κ1) is 21.9. The van der Waals surface area contributed by atoms with Crippen LogP contribution in [0.4, 0.5) is 4.79 Å². The zero-order chi connectivity index (χ0) is 23.9. The number of rotatable bonds is 3. The fourth-order valence-electron chi connectivity index (χ4n) is 4.30. The fraction of sp³-hybridized carbons (Fsp3) is 0.308. The molecule has 1 saturated heterocycles. The first-order chi connectivity index (χ1) is 16.3. The van der Waals surface area contributed by atoms with Crippen LogP contribution >= 0.6 is 0 Å². The summed E-state index contributed by atoms with van der Waals surface area (Å²) in [6.07, 6.45) is 2.17. The molecule has 174 valence electrons. The van der Waals surface area contributed by atoms with E-state index in [1.54, 1.807) is 17.0 Å². The summed E-state index contributed by atoms with van der Waals surface area (Å²) < 4.78 is 8.83. The van der Waals surface area contributed by atoms with Crippen LogP contribution in [0, 0.1) is 0 Å². The minimum atomic E-state index is -0.568. The van der Waals surface area contributed by atoms with E-state index in [1.165, 1.54) is 4.68 Å². The van der Waals surface area contributed by atoms with E-state index in [1.807, 2.05) is 80.0 Å². The molecule has 1 fully saturated rings. The molecule has 3 aromatic heterocycles. The number of hydrogen-bond donors (Lipinski definition) is 0. The maximum absolute atomic E-state index is 12.8. The van der Waals surface area contributed by atoms with E-state index in [9.17, 15) is 9.59 Å². The normalized spacial score (nSPS) is 16.2. The Labute approximate surface area is 197 Å². The third kappa shape index (κ3) is 4.19. The van der Waals surface area contributed by atoms with Crippen molar-refractivity contribution < 1.29 is 9.53 Å². The van der Waals surface area contributed by atoms with Gasteiger partial charge in [0.05, 0.1) is 22.8 Å². The summed E-state index contributed by atoms with van der Waals surface area (Å²) in [7, 11) is 0. The molecule has 0 unspecified atom stereocenters. The number of ether oxygens (including phenoxy) is 1. The van der Waals surface area contributed by atoms with E-state index >= 15 is 0 Å². The van der Waals surface area contributed by atoms with Gasteiger partial charge in [0.2, 0.25) is 0 Å². The Hall–Kier alpha value is -3.94. The van der Waals surface area contributed by atoms with Crippen LogP contribution in [-0.4, -0.2) is 49.1 Å². The van der Waals surface area contributed by atoms with Gasteiger partial charge in [0, 0.05) is 30.9 Å². The highest BCUT2D eigenvalue weighted by Gasteiger charge is 2.32. The number of likely N-dealkylation sites (tertiary alicyclic amines) is 1. The van der Waals surface area contributed by atoms with Crippen molar-refractivity contribution in [2.45, 2.75) is 38.8 Å². The number of hydrogen-bond acceptors (Lipinski definition) is 5. The van der Waals surface area contributed by atoms with Crippen LogP contribution in [0.2, 0.25) is 0 Å². The monoisotopic (exact) mass is 457 g/mol. The van der Waals surface area contributed by atoms with Crippen LogP contribution in [0.25, 0.3) is 28.0 Å². The second-order valence-electron chi connectivity index (χ2n) is 9.49. The second kappa shape index (κ2) is 8.44. The molecule has 34 heavy (non-hydrogen) atoms. The Morgan fingerprint density at radius 3 is 2.53 bits per heavy atom. The summed E-state index contributed by atoms with van der Waals surface area (Å²) in [5, 5.41) is 9.57. The maximum Gasteiger partial charge on any atom is 0.410 e. The van der Waals surface area contributed by atoms with Gasteiger partial charge in [-0.3, -0.25) is 4.79 Å². The van der Waals surface area contributed by atoms with Crippen LogP contribution in [0.15, 0.2) is 71.7 Å². The van der Waals surface area contributed by atoms with Gasteiger partial charge in [0.1, 0.15) is 11.3 Å². The molecule has 5 rings (SSSR count). The molecule has 0 N–H and O–H groups in total. The van der Waals surface area contributed by atoms with Crippen molar-refractivity contribution >= 4 is 11.6 Å². The molecule has 1 aliphatic heterocycles. The van der Waals surface area contributed by atoms with Gasteiger partial charge in [0.15, 0.2) is 0 Å². The lowest BCUT2D eigenvalue weighted by atomic mass is 10.0. The van der Waals surface area contributed by atoms with Gasteiger partial charge < -0.3 is 9.64 Å². The van der Waals surface area contributed by atoms with Gasteiger partial charge in [-0.05, 0) is 45.4 Å². The summed E-state index contributed by atoms with van der Waals surface area (Å²) in [6.45, 7) is 6.42. The first-order valence-electron chi connectivity index (χ1n) is 11.4. The fourth-order valence-corrected chi connectivity index (χ4v) is 4.30. The summed E-state index contributed by atoms with van der Waals surface area (Å²) in [6, 6.07) is 18.9. The predicted octanol–water partition coefficient (Wildman–Crippen LogP) is 4.41. The third-order valence-corrected chi connectivity index (χ3v) is 5.83. The van der Waals surface area contributed by atoms with E-state index in [4.69, 9.17) is 14.9 Å². The van der Waals surface area contributed by atoms with Gasteiger partial charge >= 0.3 is 6.09 Å². The topological polar surface area (TPSA) is 81.7 Å². The number of carbonyl (C=O) groups is 1. The smallest absolute Gasteiger partial charge is 0.410 e. The highest BCUT2D eigenvalue weighted by atomic mass is 16.6. The van der Waals surface area contributed by atoms with E-state index < -0.39 is 5.60 Å². The van der Waals surface area contributed by atoms with Gasteiger partial charge in [-0.15, -0.1) is 0 Å². The maximum atomic E-state index is 12.8. The molecule has 0 spiro atoms. The lowest BCUT2D eigenvalue weighted by Gasteiger charge is -2.24. The summed E-state index contributed by atoms with van der Waals surface area (Å²) in [4.78, 5) is 26.9. The van der Waals surface area contributed by atoms with Crippen LogP contribution in [0.3, 0.4) is 0 Å². The van der Waals surface area contributed by atoms with Crippen molar-refractivity contribution in [2.24, 2.45) is 0 Å². The number of fused-ring (bicyclic) bond motifs is 1. The molecule has 4 aromatic rings. The average molecular weight is 458 g/mol. The minimum absolute atomic E-state index is 0.197. The van der Waals surface area contributed by atoms with Crippen molar-refractivity contribution in [1.82, 2.24) is 24.3 Å². The Bertz CT molecular complexity index is 1400. The van der Waals surface area contributed by atoms with Crippen LogP contribution < -0.4 is 5.56 Å². The summed E-state index contributed by atoms with van der Waals surface area (Å²) >= 11 is 0. The molecule has 1 atom stereocenters. The largest absolute Gasteiger partial charge is 0.444 e. The SMILES string of the molecule is CC(C)(C)OC(=O)N1CC[C@H](n2nc(-c3c(-c4ccccc4)nn4ccccc34)ccc2=O)C1. The zero-order valence-corrected chi connectivity index (χ0v) is 19.5. The van der Waals surface area contributed by atoms with Crippen LogP contribution in [-0.2, 0) is 4.74 Å². The standard InChI is InChI=1S/C26H27N5O3/c1-26(2,3)34-25(33)29-16-14-19(17-29)31-22(32)13-12-20(27-31)23-21-11-7-8-15-30(21)28-24(23)18-9-5-4-6-10-18/h4-13,15,19H,14,16-17H2,1-3H3/t19-/m0/s1. The van der Waals surface area contributed by atoms with Crippen LogP contribution in [0.1, 0.15) is 33.2 Å². The number of carbonyl (C=O) groups excluding carboxylic acids is 1. The molecule has 8 heteroatoms. The predicted molar refractivity (Wildman–Crippen MR) is 130 cm³/mol. The molecular weight excluding hydrogens is 430 g/mol. The lowest BCUT2D eigenvalue weighted by Crippen LogP contribution is -2.36. The van der Waals surface area contributed by atoms with Crippen molar-refractivity contribution in [3.05, 3.63) is 77.2 Å². The van der Waals surface area contributed by atoms with Gasteiger partial charge in [-0.2, -0.15) is 10.2 Å². The highest BCUT2D eigenvalue weighted by molar-refractivity contribution is 5.90. The second-order valence-corrected chi connectivity index (χ2v) is 9.49. The Kier molecular flexibility index (Phi) is 5.43. The molecular formula is C26H27N5O3. The molecule has 8 nitrogen and oxygen atoms in total. The van der Waals surface area contributed by atoms with Gasteiger partial charge in [-0.1, -0.05) is 36.4 Å². The van der Waals surface area contributed by atoms with Gasteiger partial charge in [0.25, 0.3) is 5.56 Å². The molecule has 0 radical (unpaired) electrons. The molecule has 4 heterocycles. The quantitative estimate of drug-likeness (QED) is 0.455. The molecule has 0 bridgehead atoms. The van der Waals surface area contributed by atoms with Crippen molar-refractivity contribution in [3.63, 3.8) is 0 Å². The van der Waals surface area contributed by atoms with E-state index in [0.717, 1.165) is 22.3 Å². The van der Waals surface area contributed by atoms with E-state index in [2.05, 4.69) is 0 Å². The molecule has 0 aliphatic carbocycles. The van der Waals surface area contributed by atoms with E-state index in [0.29, 0.717) is 25.2 Å². The van der Waals surface area contributed by atoms with Gasteiger partial charge in [-0.25, -0.2) is 14.0 Å². The first-order valence-corrected chi connectivity index (χ1v) is 11.4. The van der Waals surface area contributed by atoms with E-state index in [-0.39, 0.29) is 17.7 Å². The molecule has 1 aliphatic rings. The zero-order valence-electron chi connectivity index (χ0n) is 19.5. The number of amides is 1. The van der Waals surface area contributed by atoms with Crippen molar-refractivity contribution in [1.29, 1.82) is 0 Å². The number of benzene rings is 1. The minimum Gasteiger partial charge on any atom is -0.444 e. The number of aromatic nitrogens is 4. The number of nitrogens with zero attached hydrogens (tertiary/aromatic N) is 5. The third-order valence-electron chi connectivity index (χ3n) is 5.83. The summed E-state index contributed by atoms with van der Waals surface area (Å²) in [5.74, 6) is 0. The Morgan fingerprint density at radius 2 is 1.76 bits per heavy atom. The van der Waals surface area contributed by atoms with Crippen LogP contribution in [0.5, 0.6) is 0 Å². The van der Waals surface area contributed by atoms with Crippen molar-refractivity contribution in [2.75, 3.05) is 13.1 Å². The highest BCUT2D eigenvalue weighted by Crippen LogP contribution is 2.34. The number of pyridine rings is 1. The Balaban J connectivity index is 1.54. The van der Waals surface area contributed by atoms with Crippen molar-refractivity contribution in [3.8, 4) is 22.5 Å². The molecule has 1 amide bonds. The molecule has 0 saturated carbocycles.